The summed E-state index contributed by atoms with van der Waals surface area (Å²) in [6, 6.07) is 7.88. The van der Waals surface area contributed by atoms with Crippen LogP contribution in [0.4, 0.5) is 10.5 Å². The minimum absolute atomic E-state index is 0.0469. The Morgan fingerprint density at radius 2 is 1.94 bits per heavy atom. The number of carbonyl (C=O) groups is 2. The number of anilines is 1. The van der Waals surface area contributed by atoms with Crippen LogP contribution in [0.1, 0.15) is 12.0 Å². The number of aldehydes is 1. The number of carbonyl (C=O) groups excluding carboxylic acids is 2. The molecule has 1 aromatic rings. The van der Waals surface area contributed by atoms with Gasteiger partial charge < -0.3 is 9.69 Å². The molecule has 0 aliphatic carbocycles. The number of amides is 2. The maximum Gasteiger partial charge on any atom is 0.324 e. The Morgan fingerprint density at radius 1 is 1.24 bits per heavy atom. The first-order chi connectivity index (χ1) is 8.22. The lowest BCUT2D eigenvalue weighted by molar-refractivity contribution is -0.107. The third-order valence-corrected chi connectivity index (χ3v) is 3.02. The fraction of sp³-hybridized carbons (Fsp3) is 0.385. The van der Waals surface area contributed by atoms with Crippen LogP contribution in [-0.2, 0) is 11.2 Å². The second kappa shape index (κ2) is 4.99. The second-order valence-electron chi connectivity index (χ2n) is 4.23. The van der Waals surface area contributed by atoms with E-state index >= 15 is 0 Å². The van der Waals surface area contributed by atoms with Crippen LogP contribution in [0.2, 0.25) is 0 Å². The van der Waals surface area contributed by atoms with E-state index in [1.165, 1.54) is 0 Å². The van der Waals surface area contributed by atoms with Crippen molar-refractivity contribution in [2.75, 3.05) is 25.0 Å². The average Bonchev–Trinajstić information content (AvgIpc) is 2.68. The molecule has 0 N–H and O–H groups in total. The number of hydrogen-bond donors (Lipinski definition) is 0. The summed E-state index contributed by atoms with van der Waals surface area (Å²) >= 11 is 0. The van der Waals surface area contributed by atoms with E-state index < -0.39 is 0 Å². The molecule has 4 nitrogen and oxygen atoms in total. The van der Waals surface area contributed by atoms with Crippen molar-refractivity contribution < 1.29 is 9.59 Å². The SMILES string of the molecule is CN1CCN(c2ccc(CCC=O)cc2)C1=O. The summed E-state index contributed by atoms with van der Waals surface area (Å²) in [6.07, 6.45) is 2.23. The molecule has 1 saturated heterocycles. The highest BCUT2D eigenvalue weighted by atomic mass is 16.2. The number of benzene rings is 1. The van der Waals surface area contributed by atoms with Gasteiger partial charge in [-0.25, -0.2) is 4.79 Å². The maximum absolute atomic E-state index is 11.8. The smallest absolute Gasteiger partial charge is 0.324 e. The van der Waals surface area contributed by atoms with Crippen LogP contribution >= 0.6 is 0 Å². The number of rotatable bonds is 4. The zero-order valence-electron chi connectivity index (χ0n) is 9.93. The van der Waals surface area contributed by atoms with E-state index in [2.05, 4.69) is 0 Å². The highest BCUT2D eigenvalue weighted by Gasteiger charge is 2.26. The molecule has 1 aliphatic heterocycles. The van der Waals surface area contributed by atoms with Gasteiger partial charge in [-0.1, -0.05) is 12.1 Å². The van der Waals surface area contributed by atoms with Crippen molar-refractivity contribution in [3.63, 3.8) is 0 Å². The summed E-state index contributed by atoms with van der Waals surface area (Å²) in [6.45, 7) is 1.51. The maximum atomic E-state index is 11.8. The van der Waals surface area contributed by atoms with E-state index in [0.29, 0.717) is 6.42 Å². The average molecular weight is 232 g/mol. The molecular formula is C13H16N2O2. The normalized spacial score (nSPS) is 15.5. The Balaban J connectivity index is 2.07. The third-order valence-electron chi connectivity index (χ3n) is 3.02. The summed E-state index contributed by atoms with van der Waals surface area (Å²) in [7, 11) is 1.81. The molecule has 90 valence electrons. The number of urea groups is 1. The lowest BCUT2D eigenvalue weighted by atomic mass is 10.1. The van der Waals surface area contributed by atoms with Gasteiger partial charge in [0.2, 0.25) is 0 Å². The van der Waals surface area contributed by atoms with Gasteiger partial charge in [-0.05, 0) is 24.1 Å². The number of likely N-dealkylation sites (N-methyl/N-ethyl adjacent to an activating group) is 1. The quantitative estimate of drug-likeness (QED) is 0.741. The second-order valence-corrected chi connectivity index (χ2v) is 4.23. The van der Waals surface area contributed by atoms with Gasteiger partial charge >= 0.3 is 6.03 Å². The van der Waals surface area contributed by atoms with E-state index in [1.807, 2.05) is 24.3 Å². The van der Waals surface area contributed by atoms with Gasteiger partial charge in [0.05, 0.1) is 0 Å². The Labute approximate surface area is 101 Å². The molecular weight excluding hydrogens is 216 g/mol. The van der Waals surface area contributed by atoms with Gasteiger partial charge in [0.25, 0.3) is 0 Å². The predicted molar refractivity (Wildman–Crippen MR) is 66.2 cm³/mol. The summed E-state index contributed by atoms with van der Waals surface area (Å²) < 4.78 is 0. The molecule has 1 fully saturated rings. The monoisotopic (exact) mass is 232 g/mol. The predicted octanol–water partition coefficient (Wildman–Crippen LogP) is 1.69. The Morgan fingerprint density at radius 3 is 2.47 bits per heavy atom. The number of nitrogens with zero attached hydrogens (tertiary/aromatic N) is 2. The van der Waals surface area contributed by atoms with Gasteiger partial charge in [0, 0.05) is 32.2 Å². The van der Waals surface area contributed by atoms with Crippen molar-refractivity contribution in [2.45, 2.75) is 12.8 Å². The van der Waals surface area contributed by atoms with Crippen LogP contribution in [0.25, 0.3) is 0 Å². The van der Waals surface area contributed by atoms with E-state index in [-0.39, 0.29) is 6.03 Å². The summed E-state index contributed by atoms with van der Waals surface area (Å²) in [5.74, 6) is 0. The van der Waals surface area contributed by atoms with Crippen molar-refractivity contribution in [3.05, 3.63) is 29.8 Å². The minimum Gasteiger partial charge on any atom is -0.326 e. The van der Waals surface area contributed by atoms with Crippen molar-refractivity contribution >= 4 is 18.0 Å². The van der Waals surface area contributed by atoms with Crippen molar-refractivity contribution in [2.24, 2.45) is 0 Å². The Kier molecular flexibility index (Phi) is 3.42. The van der Waals surface area contributed by atoms with Crippen molar-refractivity contribution in [1.82, 2.24) is 4.90 Å². The lowest BCUT2D eigenvalue weighted by Gasteiger charge is -2.16. The molecule has 2 amide bonds. The molecule has 4 heteroatoms. The zero-order chi connectivity index (χ0) is 12.3. The van der Waals surface area contributed by atoms with E-state index in [1.54, 1.807) is 16.8 Å². The largest absolute Gasteiger partial charge is 0.326 e. The molecule has 0 saturated carbocycles. The molecule has 1 aromatic carbocycles. The van der Waals surface area contributed by atoms with Crippen LogP contribution in [-0.4, -0.2) is 37.4 Å². The van der Waals surface area contributed by atoms with Crippen LogP contribution in [0.5, 0.6) is 0 Å². The van der Waals surface area contributed by atoms with Crippen LogP contribution in [0.3, 0.4) is 0 Å². The van der Waals surface area contributed by atoms with Gasteiger partial charge in [-0.3, -0.25) is 4.90 Å². The van der Waals surface area contributed by atoms with Crippen LogP contribution in [0.15, 0.2) is 24.3 Å². The van der Waals surface area contributed by atoms with Crippen molar-refractivity contribution in [1.29, 1.82) is 0 Å². The minimum atomic E-state index is 0.0469. The van der Waals surface area contributed by atoms with Gasteiger partial charge in [-0.2, -0.15) is 0 Å². The topological polar surface area (TPSA) is 40.6 Å². The molecule has 2 rings (SSSR count). The fourth-order valence-corrected chi connectivity index (χ4v) is 1.96. The summed E-state index contributed by atoms with van der Waals surface area (Å²) in [5, 5.41) is 0. The zero-order valence-corrected chi connectivity index (χ0v) is 9.93. The fourth-order valence-electron chi connectivity index (χ4n) is 1.96. The van der Waals surface area contributed by atoms with Crippen LogP contribution in [0, 0.1) is 0 Å². The van der Waals surface area contributed by atoms with Crippen molar-refractivity contribution in [3.8, 4) is 0 Å². The molecule has 0 spiro atoms. The first kappa shape index (κ1) is 11.6. The molecule has 1 aliphatic rings. The molecule has 0 aromatic heterocycles. The summed E-state index contributed by atoms with van der Waals surface area (Å²) in [5.41, 5.74) is 2.05. The summed E-state index contributed by atoms with van der Waals surface area (Å²) in [4.78, 5) is 25.5. The van der Waals surface area contributed by atoms with E-state index in [4.69, 9.17) is 0 Å². The van der Waals surface area contributed by atoms with Gasteiger partial charge in [-0.15, -0.1) is 0 Å². The molecule has 0 atom stereocenters. The highest BCUT2D eigenvalue weighted by Crippen LogP contribution is 2.20. The first-order valence-electron chi connectivity index (χ1n) is 5.77. The Hall–Kier alpha value is -1.84. The number of aryl methyl sites for hydroxylation is 1. The first-order valence-corrected chi connectivity index (χ1v) is 5.77. The van der Waals surface area contributed by atoms with E-state index in [9.17, 15) is 9.59 Å². The van der Waals surface area contributed by atoms with E-state index in [0.717, 1.165) is 37.0 Å². The molecule has 17 heavy (non-hydrogen) atoms. The van der Waals surface area contributed by atoms with Gasteiger partial charge in [0.1, 0.15) is 6.29 Å². The molecule has 1 heterocycles. The molecule has 0 unspecified atom stereocenters. The molecule has 0 bridgehead atoms. The highest BCUT2D eigenvalue weighted by molar-refractivity contribution is 5.93. The third kappa shape index (κ3) is 2.46. The Bertz CT molecular complexity index is 414. The van der Waals surface area contributed by atoms with Gasteiger partial charge in [0.15, 0.2) is 0 Å². The number of hydrogen-bond acceptors (Lipinski definition) is 2. The molecule has 0 radical (unpaired) electrons. The lowest BCUT2D eigenvalue weighted by Crippen LogP contribution is -2.29. The standard InChI is InChI=1S/C13H16N2O2/c1-14-8-9-15(13(14)17)12-6-4-11(5-7-12)3-2-10-16/h4-7,10H,2-3,8-9H2,1H3. The van der Waals surface area contributed by atoms with Crippen LogP contribution < -0.4 is 4.90 Å².